The largest absolute Gasteiger partial charge is 0.290 e. The van der Waals surface area contributed by atoms with Crippen molar-refractivity contribution in [2.24, 2.45) is 3.77 Å². The van der Waals surface area contributed by atoms with Gasteiger partial charge in [-0.2, -0.15) is 8.42 Å². The van der Waals surface area contributed by atoms with Crippen molar-refractivity contribution in [2.45, 2.75) is 9.79 Å². The average Bonchev–Trinajstić information content (AvgIpc) is 2.41. The fraction of sp³-hybridized carbons (Fsp3) is 0.0769. The van der Waals surface area contributed by atoms with E-state index in [4.69, 9.17) is 23.2 Å². The van der Waals surface area contributed by atoms with Gasteiger partial charge in [-0.15, -0.1) is 3.77 Å². The highest BCUT2D eigenvalue weighted by Gasteiger charge is 2.18. The maximum absolute atomic E-state index is 12.5. The summed E-state index contributed by atoms with van der Waals surface area (Å²) in [6, 6.07) is 12.0. The second-order valence-electron chi connectivity index (χ2n) is 4.24. The van der Waals surface area contributed by atoms with Gasteiger partial charge in [-0.3, -0.25) is 0 Å². The summed E-state index contributed by atoms with van der Waals surface area (Å²) in [5.41, 5.74) is 0. The number of rotatable bonds is 3. The minimum atomic E-state index is -4.10. The normalized spacial score (nSPS) is 14.4. The standard InChI is InChI=1S/C13H11Cl2NO3S2/c1-20(17,10-5-3-2-4-6-10)16-21(18,19)11-7-8-12(14)13(15)9-11/h2-9H,1H3/t20-/m1/s1. The molecular weight excluding hydrogens is 353 g/mol. The number of hydrogen-bond donors (Lipinski definition) is 0. The van der Waals surface area contributed by atoms with E-state index >= 15 is 0 Å². The van der Waals surface area contributed by atoms with Crippen LogP contribution in [0.1, 0.15) is 0 Å². The van der Waals surface area contributed by atoms with Crippen LogP contribution in [0.5, 0.6) is 0 Å². The number of benzene rings is 2. The number of sulfonamides is 1. The molecule has 0 fully saturated rings. The van der Waals surface area contributed by atoms with Crippen molar-refractivity contribution in [3.8, 4) is 0 Å². The summed E-state index contributed by atoms with van der Waals surface area (Å²) < 4.78 is 40.5. The Morgan fingerprint density at radius 2 is 1.48 bits per heavy atom. The Kier molecular flexibility index (Phi) is 4.63. The van der Waals surface area contributed by atoms with Gasteiger partial charge in [-0.25, -0.2) is 4.21 Å². The molecule has 112 valence electrons. The Morgan fingerprint density at radius 1 is 0.857 bits per heavy atom. The fourth-order valence-electron chi connectivity index (χ4n) is 1.58. The molecule has 0 saturated carbocycles. The average molecular weight is 364 g/mol. The maximum atomic E-state index is 12.5. The third kappa shape index (κ3) is 3.77. The highest BCUT2D eigenvalue weighted by Crippen LogP contribution is 2.26. The van der Waals surface area contributed by atoms with E-state index in [1.807, 2.05) is 0 Å². The van der Waals surface area contributed by atoms with Crippen LogP contribution in [0.2, 0.25) is 10.0 Å². The summed E-state index contributed by atoms with van der Waals surface area (Å²) in [5.74, 6) is 0. The van der Waals surface area contributed by atoms with E-state index in [1.54, 1.807) is 30.3 Å². The van der Waals surface area contributed by atoms with Crippen molar-refractivity contribution < 1.29 is 12.6 Å². The zero-order valence-electron chi connectivity index (χ0n) is 10.9. The molecular formula is C13H11Cl2NO3S2. The Morgan fingerprint density at radius 3 is 2.05 bits per heavy atom. The summed E-state index contributed by atoms with van der Waals surface area (Å²) in [6.45, 7) is 0. The first-order valence-electron chi connectivity index (χ1n) is 5.71. The van der Waals surface area contributed by atoms with Gasteiger partial charge in [0.15, 0.2) is 0 Å². The molecule has 0 heterocycles. The van der Waals surface area contributed by atoms with E-state index in [1.165, 1.54) is 24.5 Å². The van der Waals surface area contributed by atoms with Gasteiger partial charge in [-0.1, -0.05) is 41.4 Å². The molecule has 0 N–H and O–H groups in total. The van der Waals surface area contributed by atoms with Gasteiger partial charge in [0.05, 0.1) is 24.7 Å². The maximum Gasteiger partial charge on any atom is 0.290 e. The zero-order chi connectivity index (χ0) is 15.7. The molecule has 0 spiro atoms. The highest BCUT2D eigenvalue weighted by atomic mass is 35.5. The van der Waals surface area contributed by atoms with Gasteiger partial charge in [0.25, 0.3) is 10.0 Å². The summed E-state index contributed by atoms with van der Waals surface area (Å²) in [5, 5.41) is 0.325. The molecule has 0 aromatic heterocycles. The first-order valence-corrected chi connectivity index (χ1v) is 9.83. The van der Waals surface area contributed by atoms with Crippen molar-refractivity contribution in [1.29, 1.82) is 0 Å². The molecule has 4 nitrogen and oxygen atoms in total. The zero-order valence-corrected chi connectivity index (χ0v) is 14.0. The monoisotopic (exact) mass is 363 g/mol. The molecule has 2 aromatic rings. The summed E-state index contributed by atoms with van der Waals surface area (Å²) >= 11 is 11.5. The molecule has 2 aromatic carbocycles. The van der Waals surface area contributed by atoms with Gasteiger partial charge in [0.1, 0.15) is 0 Å². The molecule has 0 aliphatic rings. The minimum absolute atomic E-state index is 0.0928. The van der Waals surface area contributed by atoms with Gasteiger partial charge in [0, 0.05) is 11.2 Å². The second kappa shape index (κ2) is 5.96. The highest BCUT2D eigenvalue weighted by molar-refractivity contribution is 8.03. The van der Waals surface area contributed by atoms with E-state index in [9.17, 15) is 12.6 Å². The van der Waals surface area contributed by atoms with Gasteiger partial charge < -0.3 is 0 Å². The van der Waals surface area contributed by atoms with Crippen molar-refractivity contribution in [3.05, 3.63) is 58.6 Å². The first kappa shape index (κ1) is 16.3. The third-order valence-corrected chi connectivity index (χ3v) is 7.27. The van der Waals surface area contributed by atoms with Crippen LogP contribution in [0.3, 0.4) is 0 Å². The summed E-state index contributed by atoms with van der Waals surface area (Å²) in [6.07, 6.45) is 1.28. The molecule has 8 heteroatoms. The van der Waals surface area contributed by atoms with E-state index in [0.717, 1.165) is 0 Å². The Bertz CT molecular complexity index is 887. The predicted molar refractivity (Wildman–Crippen MR) is 84.9 cm³/mol. The molecule has 0 saturated heterocycles. The van der Waals surface area contributed by atoms with Crippen LogP contribution < -0.4 is 0 Å². The van der Waals surface area contributed by atoms with Crippen LogP contribution in [0.15, 0.2) is 62.1 Å². The molecule has 1 atom stereocenters. The molecule has 2 rings (SSSR count). The van der Waals surface area contributed by atoms with Gasteiger partial charge in [0.2, 0.25) is 0 Å². The lowest BCUT2D eigenvalue weighted by atomic mass is 10.4. The minimum Gasteiger partial charge on any atom is -0.244 e. The van der Waals surface area contributed by atoms with Crippen molar-refractivity contribution >= 4 is 43.0 Å². The van der Waals surface area contributed by atoms with Gasteiger partial charge in [-0.05, 0) is 30.3 Å². The van der Waals surface area contributed by atoms with Crippen molar-refractivity contribution in [2.75, 3.05) is 6.26 Å². The van der Waals surface area contributed by atoms with Crippen LogP contribution in [0.25, 0.3) is 0 Å². The van der Waals surface area contributed by atoms with Crippen LogP contribution >= 0.6 is 23.2 Å². The Balaban J connectivity index is 2.57. The first-order chi connectivity index (χ1) is 9.72. The van der Waals surface area contributed by atoms with Crippen LogP contribution in [-0.4, -0.2) is 18.9 Å². The molecule has 21 heavy (non-hydrogen) atoms. The van der Waals surface area contributed by atoms with Crippen molar-refractivity contribution in [1.82, 2.24) is 0 Å². The molecule has 0 aliphatic carbocycles. The van der Waals surface area contributed by atoms with Crippen molar-refractivity contribution in [3.63, 3.8) is 0 Å². The van der Waals surface area contributed by atoms with Crippen LogP contribution in [0.4, 0.5) is 0 Å². The molecule has 0 aliphatic heterocycles. The van der Waals surface area contributed by atoms with Gasteiger partial charge >= 0.3 is 0 Å². The third-order valence-electron chi connectivity index (χ3n) is 2.61. The summed E-state index contributed by atoms with van der Waals surface area (Å²) in [4.78, 5) is 0.191. The van der Waals surface area contributed by atoms with E-state index in [0.29, 0.717) is 4.90 Å². The Hall–Kier alpha value is -1.08. The van der Waals surface area contributed by atoms with Crippen LogP contribution in [-0.2, 0) is 19.8 Å². The summed E-state index contributed by atoms with van der Waals surface area (Å²) in [7, 11) is -7.18. The topological polar surface area (TPSA) is 63.6 Å². The lowest BCUT2D eigenvalue weighted by molar-refractivity contribution is 0.598. The quantitative estimate of drug-likeness (QED) is 0.831. The van der Waals surface area contributed by atoms with E-state index in [2.05, 4.69) is 3.77 Å². The number of nitrogens with zero attached hydrogens (tertiary/aromatic N) is 1. The SMILES string of the molecule is C[S@](=O)(=NS(=O)(=O)c1ccc(Cl)c(Cl)c1)c1ccccc1. The smallest absolute Gasteiger partial charge is 0.244 e. The predicted octanol–water partition coefficient (Wildman–Crippen LogP) is 3.84. The lowest BCUT2D eigenvalue weighted by Crippen LogP contribution is -2.04. The molecule has 0 amide bonds. The van der Waals surface area contributed by atoms with E-state index < -0.39 is 19.8 Å². The molecule has 0 radical (unpaired) electrons. The Labute approximate surface area is 133 Å². The molecule has 0 bridgehead atoms. The fourth-order valence-corrected chi connectivity index (χ4v) is 5.30. The van der Waals surface area contributed by atoms with E-state index in [-0.39, 0.29) is 14.9 Å². The lowest BCUT2D eigenvalue weighted by Gasteiger charge is -2.05. The number of hydrogen-bond acceptors (Lipinski definition) is 3. The number of halogens is 2. The molecule has 0 unspecified atom stereocenters. The van der Waals surface area contributed by atoms with Crippen LogP contribution in [0, 0.1) is 0 Å². The second-order valence-corrected chi connectivity index (χ2v) is 9.15.